The van der Waals surface area contributed by atoms with Gasteiger partial charge in [-0.15, -0.1) is 0 Å². The van der Waals surface area contributed by atoms with E-state index in [0.717, 1.165) is 24.3 Å². The van der Waals surface area contributed by atoms with Gasteiger partial charge in [0.05, 0.1) is 19.3 Å². The van der Waals surface area contributed by atoms with Gasteiger partial charge < -0.3 is 10.0 Å². The van der Waals surface area contributed by atoms with Crippen LogP contribution in [-0.4, -0.2) is 30.5 Å². The third-order valence-corrected chi connectivity index (χ3v) is 2.94. The molecule has 0 saturated carbocycles. The Morgan fingerprint density at radius 1 is 1.59 bits per heavy atom. The Balaban J connectivity index is 2.15. The van der Waals surface area contributed by atoms with Gasteiger partial charge in [0.1, 0.15) is 0 Å². The first-order chi connectivity index (χ1) is 8.16. The van der Waals surface area contributed by atoms with E-state index in [9.17, 15) is 4.79 Å². The molecule has 0 radical (unpaired) electrons. The first-order valence-electron chi connectivity index (χ1n) is 5.75. The second-order valence-corrected chi connectivity index (χ2v) is 4.31. The first kappa shape index (κ1) is 11.6. The largest absolute Gasteiger partial charge is 0.481 e. The number of carboxylic acid groups (broad SMARTS) is 1. The maximum Gasteiger partial charge on any atom is 0.303 e. The van der Waals surface area contributed by atoms with E-state index in [1.54, 1.807) is 0 Å². The minimum atomic E-state index is -0.759. The highest BCUT2D eigenvalue weighted by Crippen LogP contribution is 2.24. The van der Waals surface area contributed by atoms with E-state index >= 15 is 0 Å². The molecule has 0 saturated heterocycles. The second kappa shape index (κ2) is 4.99. The van der Waals surface area contributed by atoms with Crippen molar-refractivity contribution in [2.75, 3.05) is 18.0 Å². The van der Waals surface area contributed by atoms with E-state index in [-0.39, 0.29) is 12.3 Å². The van der Waals surface area contributed by atoms with E-state index in [1.807, 2.05) is 37.5 Å². The van der Waals surface area contributed by atoms with Crippen LogP contribution >= 0.6 is 0 Å². The molecule has 90 valence electrons. The Morgan fingerprint density at radius 3 is 3.06 bits per heavy atom. The molecule has 0 aliphatic carbocycles. The highest BCUT2D eigenvalue weighted by atomic mass is 16.4. The molecule has 1 aliphatic rings. The summed E-state index contributed by atoms with van der Waals surface area (Å²) in [6.45, 7) is 3.66. The molecule has 0 fully saturated rings. The van der Waals surface area contributed by atoms with Crippen molar-refractivity contribution in [3.63, 3.8) is 0 Å². The molecule has 0 amide bonds. The Labute approximate surface area is 101 Å². The Hall–Kier alpha value is -1.84. The van der Waals surface area contributed by atoms with Gasteiger partial charge in [-0.25, -0.2) is 0 Å². The summed E-state index contributed by atoms with van der Waals surface area (Å²) in [6.07, 6.45) is 2.00. The minimum Gasteiger partial charge on any atom is -0.481 e. The lowest BCUT2D eigenvalue weighted by Gasteiger charge is -2.17. The fraction of sp³-hybridized carbons (Fsp3) is 0.385. The number of aliphatic imine (C=N–C) groups is 1. The monoisotopic (exact) mass is 232 g/mol. The maximum absolute atomic E-state index is 10.7. The van der Waals surface area contributed by atoms with Crippen molar-refractivity contribution in [1.29, 1.82) is 0 Å². The quantitative estimate of drug-likeness (QED) is 0.865. The van der Waals surface area contributed by atoms with Gasteiger partial charge in [0.2, 0.25) is 0 Å². The van der Waals surface area contributed by atoms with Gasteiger partial charge in [-0.2, -0.15) is 0 Å². The zero-order chi connectivity index (χ0) is 12.3. The van der Waals surface area contributed by atoms with Gasteiger partial charge in [-0.05, 0) is 23.6 Å². The van der Waals surface area contributed by atoms with Crippen LogP contribution < -0.4 is 4.90 Å². The van der Waals surface area contributed by atoms with Crippen LogP contribution in [-0.2, 0) is 4.79 Å². The van der Waals surface area contributed by atoms with Gasteiger partial charge in [-0.3, -0.25) is 9.79 Å². The summed E-state index contributed by atoms with van der Waals surface area (Å²) in [5, 5.41) is 8.79. The average molecular weight is 232 g/mol. The smallest absolute Gasteiger partial charge is 0.303 e. The molecule has 4 heteroatoms. The highest BCUT2D eigenvalue weighted by molar-refractivity contribution is 5.81. The molecular weight excluding hydrogens is 216 g/mol. The molecular formula is C13H16N2O2. The van der Waals surface area contributed by atoms with Gasteiger partial charge in [0.25, 0.3) is 0 Å². The Bertz CT molecular complexity index is 443. The van der Waals surface area contributed by atoms with Crippen LogP contribution in [0.2, 0.25) is 0 Å². The normalized spacial score (nSPS) is 16.2. The summed E-state index contributed by atoms with van der Waals surface area (Å²) >= 11 is 0. The van der Waals surface area contributed by atoms with E-state index in [1.165, 1.54) is 0 Å². The second-order valence-electron chi connectivity index (χ2n) is 4.31. The van der Waals surface area contributed by atoms with Crippen LogP contribution in [0.5, 0.6) is 0 Å². The number of carboxylic acids is 1. The molecule has 1 aromatic carbocycles. The summed E-state index contributed by atoms with van der Waals surface area (Å²) in [5.74, 6) is -0.724. The first-order valence-corrected chi connectivity index (χ1v) is 5.75. The molecule has 1 N–H and O–H groups in total. The molecule has 1 aliphatic heterocycles. The van der Waals surface area contributed by atoms with Crippen molar-refractivity contribution < 1.29 is 9.90 Å². The van der Waals surface area contributed by atoms with Crippen LogP contribution in [0.15, 0.2) is 29.3 Å². The topological polar surface area (TPSA) is 52.9 Å². The van der Waals surface area contributed by atoms with Crippen LogP contribution in [0.25, 0.3) is 0 Å². The fourth-order valence-corrected chi connectivity index (χ4v) is 1.97. The van der Waals surface area contributed by atoms with Gasteiger partial charge in [0.15, 0.2) is 0 Å². The van der Waals surface area contributed by atoms with Crippen LogP contribution in [0.3, 0.4) is 0 Å². The molecule has 4 nitrogen and oxygen atoms in total. The van der Waals surface area contributed by atoms with Crippen molar-refractivity contribution >= 4 is 18.0 Å². The van der Waals surface area contributed by atoms with E-state index in [2.05, 4.69) is 9.89 Å². The Morgan fingerprint density at radius 2 is 2.41 bits per heavy atom. The molecule has 2 rings (SSSR count). The molecule has 0 spiro atoms. The average Bonchev–Trinajstić information content (AvgIpc) is 2.82. The van der Waals surface area contributed by atoms with Crippen LogP contribution in [0, 0.1) is 0 Å². The summed E-state index contributed by atoms with van der Waals surface area (Å²) < 4.78 is 0. The summed E-state index contributed by atoms with van der Waals surface area (Å²) in [6, 6.07) is 8.01. The lowest BCUT2D eigenvalue weighted by atomic mass is 9.97. The van der Waals surface area contributed by atoms with E-state index < -0.39 is 5.97 Å². The van der Waals surface area contributed by atoms with E-state index in [0.29, 0.717) is 0 Å². The number of nitrogens with zero attached hydrogens (tertiary/aromatic N) is 2. The molecule has 1 atom stereocenters. The minimum absolute atomic E-state index is 0.0343. The third kappa shape index (κ3) is 2.84. The number of carbonyl (C=O) groups is 1. The number of rotatable bonds is 4. The van der Waals surface area contributed by atoms with Crippen molar-refractivity contribution in [2.45, 2.75) is 19.3 Å². The van der Waals surface area contributed by atoms with Crippen molar-refractivity contribution in [2.24, 2.45) is 4.99 Å². The molecule has 1 heterocycles. The summed E-state index contributed by atoms with van der Waals surface area (Å²) in [7, 11) is 0. The molecule has 1 aromatic rings. The zero-order valence-electron chi connectivity index (χ0n) is 9.84. The van der Waals surface area contributed by atoms with Crippen LogP contribution in [0.1, 0.15) is 24.8 Å². The standard InChI is InChI=1S/C13H16N2O2/c1-10(7-13(16)17)11-3-2-4-12(8-11)15-6-5-14-9-15/h2-4,8-10H,5-7H2,1H3,(H,16,17). The third-order valence-electron chi connectivity index (χ3n) is 2.94. The SMILES string of the molecule is CC(CC(=O)O)c1cccc(N2C=NCC2)c1. The summed E-state index contributed by atoms with van der Waals surface area (Å²) in [4.78, 5) is 16.9. The van der Waals surface area contributed by atoms with Crippen molar-refractivity contribution in [3.05, 3.63) is 29.8 Å². The number of anilines is 1. The van der Waals surface area contributed by atoms with Crippen molar-refractivity contribution in [3.8, 4) is 0 Å². The number of hydrogen-bond acceptors (Lipinski definition) is 3. The predicted molar refractivity (Wildman–Crippen MR) is 67.8 cm³/mol. The van der Waals surface area contributed by atoms with Gasteiger partial charge in [0, 0.05) is 12.2 Å². The fourth-order valence-electron chi connectivity index (χ4n) is 1.97. The summed E-state index contributed by atoms with van der Waals surface area (Å²) in [5.41, 5.74) is 2.14. The maximum atomic E-state index is 10.7. The number of hydrogen-bond donors (Lipinski definition) is 1. The molecule has 1 unspecified atom stereocenters. The van der Waals surface area contributed by atoms with Gasteiger partial charge >= 0.3 is 5.97 Å². The van der Waals surface area contributed by atoms with Crippen LogP contribution in [0.4, 0.5) is 5.69 Å². The molecule has 17 heavy (non-hydrogen) atoms. The number of benzene rings is 1. The Kier molecular flexibility index (Phi) is 3.42. The highest BCUT2D eigenvalue weighted by Gasteiger charge is 2.13. The number of aliphatic carboxylic acids is 1. The van der Waals surface area contributed by atoms with Crippen molar-refractivity contribution in [1.82, 2.24) is 0 Å². The predicted octanol–water partition coefficient (Wildman–Crippen LogP) is 2.11. The molecule has 0 bridgehead atoms. The lowest BCUT2D eigenvalue weighted by Crippen LogP contribution is -2.18. The van der Waals surface area contributed by atoms with Gasteiger partial charge in [-0.1, -0.05) is 19.1 Å². The molecule has 0 aromatic heterocycles. The van der Waals surface area contributed by atoms with E-state index in [4.69, 9.17) is 5.11 Å². The zero-order valence-corrected chi connectivity index (χ0v) is 9.84. The lowest BCUT2D eigenvalue weighted by molar-refractivity contribution is -0.137.